The van der Waals surface area contributed by atoms with Crippen molar-refractivity contribution in [3.05, 3.63) is 11.6 Å². The van der Waals surface area contributed by atoms with Crippen LogP contribution in [0, 0.1) is 5.92 Å². The van der Waals surface area contributed by atoms with Crippen molar-refractivity contribution in [2.24, 2.45) is 5.92 Å². The first-order valence-electron chi connectivity index (χ1n) is 5.91. The number of rotatable bonds is 7. The van der Waals surface area contributed by atoms with E-state index in [1.807, 2.05) is 13.0 Å². The van der Waals surface area contributed by atoms with E-state index in [2.05, 4.69) is 20.8 Å². The molecule has 0 bridgehead atoms. The van der Waals surface area contributed by atoms with Gasteiger partial charge in [0.2, 0.25) is 0 Å². The first-order valence-corrected chi connectivity index (χ1v) is 5.91. The van der Waals surface area contributed by atoms with Gasteiger partial charge >= 0.3 is 5.97 Å². The third-order valence-electron chi connectivity index (χ3n) is 2.26. The van der Waals surface area contributed by atoms with Gasteiger partial charge in [-0.2, -0.15) is 0 Å². The minimum atomic E-state index is -0.160. The molecular formula is C13H24O2. The lowest BCUT2D eigenvalue weighted by Crippen LogP contribution is -2.08. The van der Waals surface area contributed by atoms with Crippen molar-refractivity contribution in [1.29, 1.82) is 0 Å². The molecular weight excluding hydrogens is 188 g/mol. The van der Waals surface area contributed by atoms with Gasteiger partial charge < -0.3 is 4.74 Å². The minimum absolute atomic E-state index is 0.160. The topological polar surface area (TPSA) is 26.3 Å². The molecule has 0 amide bonds. The molecule has 0 aliphatic heterocycles. The Morgan fingerprint density at radius 3 is 2.60 bits per heavy atom. The molecule has 0 rings (SSSR count). The summed E-state index contributed by atoms with van der Waals surface area (Å²) in [6, 6.07) is 0. The maximum atomic E-state index is 11.4. The maximum absolute atomic E-state index is 11.4. The summed E-state index contributed by atoms with van der Waals surface area (Å²) in [5.74, 6) is 0.425. The maximum Gasteiger partial charge on any atom is 0.333 e. The standard InChI is InChI=1S/C13H24O2/c1-5-6-7-8-12(4)13(14)15-10-9-11(2)3/h8,11H,5-7,9-10H2,1-4H3/b12-8+. The second-order valence-corrected chi connectivity index (χ2v) is 4.35. The Morgan fingerprint density at radius 1 is 1.40 bits per heavy atom. The number of ether oxygens (including phenoxy) is 1. The second kappa shape index (κ2) is 8.51. The summed E-state index contributed by atoms with van der Waals surface area (Å²) in [6.45, 7) is 8.75. The normalized spacial score (nSPS) is 11.9. The number of hydrogen-bond donors (Lipinski definition) is 0. The lowest BCUT2D eigenvalue weighted by atomic mass is 10.1. The van der Waals surface area contributed by atoms with Crippen LogP contribution < -0.4 is 0 Å². The van der Waals surface area contributed by atoms with E-state index in [1.165, 1.54) is 0 Å². The largest absolute Gasteiger partial charge is 0.462 e. The Bertz CT molecular complexity index is 205. The van der Waals surface area contributed by atoms with Crippen molar-refractivity contribution in [1.82, 2.24) is 0 Å². The zero-order valence-electron chi connectivity index (χ0n) is 10.5. The fraction of sp³-hybridized carbons (Fsp3) is 0.769. The van der Waals surface area contributed by atoms with Crippen LogP contribution in [0.4, 0.5) is 0 Å². The molecule has 0 atom stereocenters. The highest BCUT2D eigenvalue weighted by Crippen LogP contribution is 2.05. The molecule has 0 aliphatic rings. The monoisotopic (exact) mass is 212 g/mol. The number of unbranched alkanes of at least 4 members (excludes halogenated alkanes) is 2. The number of hydrogen-bond acceptors (Lipinski definition) is 2. The van der Waals surface area contributed by atoms with E-state index in [1.54, 1.807) is 0 Å². The molecule has 0 radical (unpaired) electrons. The molecule has 0 aromatic heterocycles. The lowest BCUT2D eigenvalue weighted by Gasteiger charge is -2.06. The first kappa shape index (κ1) is 14.2. The second-order valence-electron chi connectivity index (χ2n) is 4.35. The van der Waals surface area contributed by atoms with Crippen molar-refractivity contribution >= 4 is 5.97 Å². The van der Waals surface area contributed by atoms with E-state index in [4.69, 9.17) is 4.74 Å². The van der Waals surface area contributed by atoms with E-state index in [9.17, 15) is 4.79 Å². The predicted molar refractivity (Wildman–Crippen MR) is 63.7 cm³/mol. The molecule has 0 unspecified atom stereocenters. The molecule has 0 aromatic rings. The fourth-order valence-corrected chi connectivity index (χ4v) is 1.11. The lowest BCUT2D eigenvalue weighted by molar-refractivity contribution is -0.139. The van der Waals surface area contributed by atoms with E-state index >= 15 is 0 Å². The van der Waals surface area contributed by atoms with Gasteiger partial charge in [-0.05, 0) is 25.7 Å². The van der Waals surface area contributed by atoms with Crippen LogP contribution in [0.1, 0.15) is 53.4 Å². The van der Waals surface area contributed by atoms with Gasteiger partial charge in [0, 0.05) is 5.57 Å². The highest BCUT2D eigenvalue weighted by atomic mass is 16.5. The molecule has 0 N–H and O–H groups in total. The molecule has 0 spiro atoms. The Kier molecular flexibility index (Phi) is 8.06. The van der Waals surface area contributed by atoms with Crippen LogP contribution in [0.2, 0.25) is 0 Å². The smallest absolute Gasteiger partial charge is 0.333 e. The third kappa shape index (κ3) is 8.22. The molecule has 2 heteroatoms. The van der Waals surface area contributed by atoms with Crippen molar-refractivity contribution in [2.75, 3.05) is 6.61 Å². The average molecular weight is 212 g/mol. The molecule has 88 valence electrons. The van der Waals surface area contributed by atoms with E-state index in [0.29, 0.717) is 12.5 Å². The molecule has 0 heterocycles. The van der Waals surface area contributed by atoms with Gasteiger partial charge in [0.05, 0.1) is 6.61 Å². The summed E-state index contributed by atoms with van der Waals surface area (Å²) in [5.41, 5.74) is 0.743. The van der Waals surface area contributed by atoms with Gasteiger partial charge in [-0.15, -0.1) is 0 Å². The van der Waals surface area contributed by atoms with Crippen LogP contribution >= 0.6 is 0 Å². The van der Waals surface area contributed by atoms with Gasteiger partial charge in [-0.1, -0.05) is 39.7 Å². The van der Waals surface area contributed by atoms with Gasteiger partial charge in [0.15, 0.2) is 0 Å². The van der Waals surface area contributed by atoms with Gasteiger partial charge in [-0.25, -0.2) is 4.79 Å². The minimum Gasteiger partial charge on any atom is -0.462 e. The number of allylic oxidation sites excluding steroid dienone is 1. The van der Waals surface area contributed by atoms with E-state index in [-0.39, 0.29) is 5.97 Å². The summed E-state index contributed by atoms with van der Waals surface area (Å²) in [6.07, 6.45) is 6.18. The fourth-order valence-electron chi connectivity index (χ4n) is 1.11. The van der Waals surface area contributed by atoms with Crippen LogP contribution in [0.5, 0.6) is 0 Å². The SMILES string of the molecule is CCCC/C=C(\C)C(=O)OCCC(C)C. The molecule has 0 aliphatic carbocycles. The Labute approximate surface area is 93.7 Å². The number of esters is 1. The molecule has 0 aromatic carbocycles. The highest BCUT2D eigenvalue weighted by molar-refractivity contribution is 5.87. The molecule has 2 nitrogen and oxygen atoms in total. The average Bonchev–Trinajstić information content (AvgIpc) is 2.17. The number of carbonyl (C=O) groups is 1. The van der Waals surface area contributed by atoms with Crippen molar-refractivity contribution in [3.8, 4) is 0 Å². The highest BCUT2D eigenvalue weighted by Gasteiger charge is 2.05. The number of carbonyl (C=O) groups excluding carboxylic acids is 1. The van der Waals surface area contributed by atoms with Crippen LogP contribution in [-0.4, -0.2) is 12.6 Å². The summed E-state index contributed by atoms with van der Waals surface area (Å²) in [5, 5.41) is 0. The van der Waals surface area contributed by atoms with Crippen molar-refractivity contribution in [2.45, 2.75) is 53.4 Å². The summed E-state index contributed by atoms with van der Waals surface area (Å²) in [7, 11) is 0. The Hall–Kier alpha value is -0.790. The zero-order valence-corrected chi connectivity index (χ0v) is 10.5. The van der Waals surface area contributed by atoms with Gasteiger partial charge in [0.1, 0.15) is 0 Å². The molecule has 0 fully saturated rings. The summed E-state index contributed by atoms with van der Waals surface area (Å²) in [4.78, 5) is 11.4. The molecule has 0 saturated carbocycles. The molecule has 0 saturated heterocycles. The zero-order chi connectivity index (χ0) is 11.7. The van der Waals surface area contributed by atoms with E-state index in [0.717, 1.165) is 31.3 Å². The van der Waals surface area contributed by atoms with Gasteiger partial charge in [-0.3, -0.25) is 0 Å². The Morgan fingerprint density at radius 2 is 2.07 bits per heavy atom. The van der Waals surface area contributed by atoms with Crippen LogP contribution in [0.15, 0.2) is 11.6 Å². The van der Waals surface area contributed by atoms with Gasteiger partial charge in [0.25, 0.3) is 0 Å². The Balaban J connectivity index is 3.73. The third-order valence-corrected chi connectivity index (χ3v) is 2.26. The van der Waals surface area contributed by atoms with Crippen LogP contribution in [0.3, 0.4) is 0 Å². The summed E-state index contributed by atoms with van der Waals surface area (Å²) < 4.78 is 5.14. The van der Waals surface area contributed by atoms with Crippen molar-refractivity contribution < 1.29 is 9.53 Å². The summed E-state index contributed by atoms with van der Waals surface area (Å²) >= 11 is 0. The van der Waals surface area contributed by atoms with E-state index < -0.39 is 0 Å². The predicted octanol–water partition coefficient (Wildman–Crippen LogP) is 3.71. The van der Waals surface area contributed by atoms with Crippen LogP contribution in [-0.2, 0) is 9.53 Å². The van der Waals surface area contributed by atoms with Crippen LogP contribution in [0.25, 0.3) is 0 Å². The molecule has 15 heavy (non-hydrogen) atoms. The first-order chi connectivity index (χ1) is 7.07. The quantitative estimate of drug-likeness (QED) is 0.365. The van der Waals surface area contributed by atoms with Crippen molar-refractivity contribution in [3.63, 3.8) is 0 Å².